The number of epoxide rings is 2. The number of carbonyl (C=O) groups is 2. The van der Waals surface area contributed by atoms with Crippen LogP contribution in [0, 0.1) is 11.8 Å². The smallest absolute Gasteiger partial charge is 0.396 e. The summed E-state index contributed by atoms with van der Waals surface area (Å²) in [6, 6.07) is 0. The summed E-state index contributed by atoms with van der Waals surface area (Å²) in [6.07, 6.45) is -13.3. The Bertz CT molecular complexity index is 811. The van der Waals surface area contributed by atoms with Crippen LogP contribution in [0.2, 0.25) is 0 Å². The van der Waals surface area contributed by atoms with E-state index in [-0.39, 0.29) is 50.7 Å². The van der Waals surface area contributed by atoms with Gasteiger partial charge in [-0.1, -0.05) is 0 Å². The monoisotopic (exact) mass is 510 g/mol. The zero-order chi connectivity index (χ0) is 25.5. The molecular formula is C20H22F8O6. The molecule has 0 aromatic carbocycles. The lowest BCUT2D eigenvalue weighted by Crippen LogP contribution is -2.64. The Morgan fingerprint density at radius 3 is 1.29 bits per heavy atom. The number of carbonyl (C=O) groups excluding carboxylic acids is 2. The van der Waals surface area contributed by atoms with E-state index < -0.39 is 59.0 Å². The Hall–Kier alpha value is -1.70. The third-order valence-electron chi connectivity index (χ3n) is 7.18. The van der Waals surface area contributed by atoms with Gasteiger partial charge in [0, 0.05) is 0 Å². The Morgan fingerprint density at radius 2 is 1.00 bits per heavy atom. The standard InChI is InChI=1S/C20H22F8O6/c1-15-7-9(3-5-11(15)31-15)13(29)33-19(25,26)17(21,22)18(23,24)20(27,28)34-14(30)10-4-6-12-16(2,8-10)32-12/h9-12H,3-8H2,1-2H3. The molecule has 2 saturated heterocycles. The zero-order valence-corrected chi connectivity index (χ0v) is 18.0. The van der Waals surface area contributed by atoms with Crippen LogP contribution in [-0.2, 0) is 28.5 Å². The second kappa shape index (κ2) is 7.40. The van der Waals surface area contributed by atoms with Crippen LogP contribution in [0.3, 0.4) is 0 Å². The first-order valence-electron chi connectivity index (χ1n) is 10.7. The number of fused-ring (bicyclic) bond motifs is 2. The third-order valence-corrected chi connectivity index (χ3v) is 7.18. The molecule has 4 fully saturated rings. The van der Waals surface area contributed by atoms with Gasteiger partial charge in [0.1, 0.15) is 0 Å². The molecule has 0 aromatic rings. The van der Waals surface area contributed by atoms with Gasteiger partial charge in [0.15, 0.2) is 0 Å². The van der Waals surface area contributed by atoms with Gasteiger partial charge in [0.05, 0.1) is 35.2 Å². The summed E-state index contributed by atoms with van der Waals surface area (Å²) in [4.78, 5) is 23.9. The fourth-order valence-corrected chi connectivity index (χ4v) is 4.87. The SMILES string of the molecule is CC12CC(C(=O)OC(F)(F)C(F)(F)C(F)(F)C(F)(F)OC(=O)C3CCC4OC4(C)C3)CCC1O2. The van der Waals surface area contributed by atoms with Crippen molar-refractivity contribution in [2.45, 2.75) is 99.8 Å². The van der Waals surface area contributed by atoms with Crippen LogP contribution in [0.1, 0.15) is 52.4 Å². The van der Waals surface area contributed by atoms with Crippen molar-refractivity contribution in [2.24, 2.45) is 11.8 Å². The fraction of sp³-hybridized carbons (Fsp3) is 0.900. The molecule has 6 unspecified atom stereocenters. The van der Waals surface area contributed by atoms with Crippen molar-refractivity contribution in [3.63, 3.8) is 0 Å². The molecule has 2 saturated carbocycles. The minimum Gasteiger partial charge on any atom is -0.396 e. The Morgan fingerprint density at radius 1 is 0.676 bits per heavy atom. The second-order valence-corrected chi connectivity index (χ2v) is 9.82. The van der Waals surface area contributed by atoms with Crippen molar-refractivity contribution in [2.75, 3.05) is 0 Å². The average Bonchev–Trinajstić information content (AvgIpc) is 3.57. The summed E-state index contributed by atoms with van der Waals surface area (Å²) in [6.45, 7) is 3.07. The van der Waals surface area contributed by atoms with Gasteiger partial charge in [-0.3, -0.25) is 9.59 Å². The van der Waals surface area contributed by atoms with E-state index in [1.807, 2.05) is 0 Å². The maximum absolute atomic E-state index is 14.1. The molecule has 6 atom stereocenters. The van der Waals surface area contributed by atoms with Crippen LogP contribution in [0.4, 0.5) is 35.1 Å². The Kier molecular flexibility index (Phi) is 5.53. The molecule has 2 aliphatic heterocycles. The van der Waals surface area contributed by atoms with Gasteiger partial charge in [-0.05, 0) is 52.4 Å². The van der Waals surface area contributed by atoms with E-state index in [2.05, 4.69) is 9.47 Å². The third kappa shape index (κ3) is 3.94. The minimum atomic E-state index is -6.92. The normalized spacial score (nSPS) is 37.8. The summed E-state index contributed by atoms with van der Waals surface area (Å²) < 4.78 is 130. The summed E-state index contributed by atoms with van der Waals surface area (Å²) in [7, 11) is 0. The van der Waals surface area contributed by atoms with E-state index >= 15 is 0 Å². The maximum Gasteiger partial charge on any atom is 0.473 e. The highest BCUT2D eigenvalue weighted by molar-refractivity contribution is 5.74. The lowest BCUT2D eigenvalue weighted by Gasteiger charge is -2.36. The van der Waals surface area contributed by atoms with Crippen LogP contribution >= 0.6 is 0 Å². The molecule has 0 spiro atoms. The molecule has 0 radical (unpaired) electrons. The van der Waals surface area contributed by atoms with Crippen LogP contribution in [0.25, 0.3) is 0 Å². The fourth-order valence-electron chi connectivity index (χ4n) is 4.87. The number of esters is 2. The number of hydrogen-bond acceptors (Lipinski definition) is 6. The van der Waals surface area contributed by atoms with E-state index in [1.165, 1.54) is 13.8 Å². The van der Waals surface area contributed by atoms with Gasteiger partial charge in [0.2, 0.25) is 0 Å². The van der Waals surface area contributed by atoms with Crippen molar-refractivity contribution in [1.29, 1.82) is 0 Å². The van der Waals surface area contributed by atoms with E-state index in [4.69, 9.17) is 9.47 Å². The number of rotatable bonds is 7. The summed E-state index contributed by atoms with van der Waals surface area (Å²) >= 11 is 0. The summed E-state index contributed by atoms with van der Waals surface area (Å²) in [5, 5.41) is 0. The van der Waals surface area contributed by atoms with E-state index in [1.54, 1.807) is 0 Å². The predicted molar refractivity (Wildman–Crippen MR) is 93.2 cm³/mol. The number of ether oxygens (including phenoxy) is 4. The van der Waals surface area contributed by atoms with Crippen molar-refractivity contribution in [1.82, 2.24) is 0 Å². The molecule has 4 rings (SSSR count). The largest absolute Gasteiger partial charge is 0.473 e. The van der Waals surface area contributed by atoms with E-state index in [0.717, 1.165) is 0 Å². The average molecular weight is 510 g/mol. The highest BCUT2D eigenvalue weighted by Crippen LogP contribution is 2.55. The first-order valence-corrected chi connectivity index (χ1v) is 10.7. The first kappa shape index (κ1) is 25.4. The molecular weight excluding hydrogens is 488 g/mol. The van der Waals surface area contributed by atoms with Crippen LogP contribution < -0.4 is 0 Å². The zero-order valence-electron chi connectivity index (χ0n) is 18.0. The van der Waals surface area contributed by atoms with Crippen molar-refractivity contribution < 1.29 is 63.7 Å². The molecule has 14 heteroatoms. The predicted octanol–water partition coefficient (Wildman–Crippen LogP) is 4.44. The first-order chi connectivity index (χ1) is 15.4. The van der Waals surface area contributed by atoms with Gasteiger partial charge in [-0.2, -0.15) is 35.1 Å². The van der Waals surface area contributed by atoms with E-state index in [9.17, 15) is 44.7 Å². The minimum absolute atomic E-state index is 0.101. The molecule has 0 N–H and O–H groups in total. The lowest BCUT2D eigenvalue weighted by atomic mass is 9.82. The topological polar surface area (TPSA) is 77.7 Å². The number of halogens is 8. The van der Waals surface area contributed by atoms with Crippen LogP contribution in [0.5, 0.6) is 0 Å². The quantitative estimate of drug-likeness (QED) is 0.286. The lowest BCUT2D eigenvalue weighted by molar-refractivity contribution is -0.449. The van der Waals surface area contributed by atoms with Gasteiger partial charge < -0.3 is 18.9 Å². The molecule has 4 aliphatic rings. The second-order valence-electron chi connectivity index (χ2n) is 9.82. The van der Waals surface area contributed by atoms with Crippen molar-refractivity contribution in [3.8, 4) is 0 Å². The Labute approximate surface area is 188 Å². The van der Waals surface area contributed by atoms with E-state index in [0.29, 0.717) is 0 Å². The highest BCUT2D eigenvalue weighted by atomic mass is 19.4. The van der Waals surface area contributed by atoms with Gasteiger partial charge in [-0.25, -0.2) is 0 Å². The molecule has 34 heavy (non-hydrogen) atoms. The van der Waals surface area contributed by atoms with Crippen molar-refractivity contribution >= 4 is 11.9 Å². The molecule has 2 heterocycles. The molecule has 6 nitrogen and oxygen atoms in total. The number of hydrogen-bond donors (Lipinski definition) is 0. The number of alkyl halides is 8. The molecule has 0 aromatic heterocycles. The molecule has 194 valence electrons. The van der Waals surface area contributed by atoms with Gasteiger partial charge in [0.25, 0.3) is 0 Å². The van der Waals surface area contributed by atoms with Crippen LogP contribution in [-0.4, -0.2) is 59.4 Å². The van der Waals surface area contributed by atoms with Crippen molar-refractivity contribution in [3.05, 3.63) is 0 Å². The maximum atomic E-state index is 14.1. The van der Waals surface area contributed by atoms with Gasteiger partial charge in [-0.15, -0.1) is 0 Å². The molecule has 2 aliphatic carbocycles. The highest BCUT2D eigenvalue weighted by Gasteiger charge is 2.85. The van der Waals surface area contributed by atoms with Crippen LogP contribution in [0.15, 0.2) is 0 Å². The Balaban J connectivity index is 1.43. The van der Waals surface area contributed by atoms with Gasteiger partial charge >= 0.3 is 36.0 Å². The molecule has 0 bridgehead atoms. The molecule has 0 amide bonds. The summed E-state index contributed by atoms with van der Waals surface area (Å²) in [5.74, 6) is -20.5. The summed E-state index contributed by atoms with van der Waals surface area (Å²) in [5.41, 5.74) is -1.71.